The number of aryl methyl sites for hydroxylation is 1. The fourth-order valence-corrected chi connectivity index (χ4v) is 2.99. The summed E-state index contributed by atoms with van der Waals surface area (Å²) in [5.74, 6) is 0.375. The lowest BCUT2D eigenvalue weighted by Crippen LogP contribution is -2.28. The highest BCUT2D eigenvalue weighted by atomic mass is 28.4. The second kappa shape index (κ2) is 5.56. The number of phenolic OH excluding ortho intramolecular Hbond substituents is 2. The van der Waals surface area contributed by atoms with Gasteiger partial charge in [-0.3, -0.25) is 0 Å². The number of aromatic hydroxyl groups is 2. The van der Waals surface area contributed by atoms with Crippen LogP contribution in [-0.2, 0) is 10.8 Å². The van der Waals surface area contributed by atoms with Crippen molar-refractivity contribution >= 4 is 8.32 Å². The van der Waals surface area contributed by atoms with Crippen LogP contribution in [0.3, 0.4) is 0 Å². The van der Waals surface area contributed by atoms with Crippen molar-refractivity contribution < 1.29 is 14.6 Å². The van der Waals surface area contributed by atoms with Gasteiger partial charge < -0.3 is 14.6 Å². The van der Waals surface area contributed by atoms with E-state index in [2.05, 4.69) is 13.1 Å². The predicted octanol–water partition coefficient (Wildman–Crippen LogP) is 3.19. The van der Waals surface area contributed by atoms with E-state index in [0.29, 0.717) is 5.56 Å². The Balaban J connectivity index is 2.62. The van der Waals surface area contributed by atoms with Crippen molar-refractivity contribution in [2.75, 3.05) is 7.11 Å². The number of hydrogen-bond donors (Lipinski definition) is 2. The molecule has 0 atom stereocenters. The van der Waals surface area contributed by atoms with Crippen molar-refractivity contribution in [3.05, 3.63) is 23.3 Å². The van der Waals surface area contributed by atoms with Crippen LogP contribution in [-0.4, -0.2) is 25.6 Å². The van der Waals surface area contributed by atoms with Crippen LogP contribution in [0.25, 0.3) is 0 Å². The SMILES string of the molecule is CO[Si](C)(C)CCCc1ccc(O)c(C)c1O. The molecule has 0 amide bonds. The summed E-state index contributed by atoms with van der Waals surface area (Å²) in [7, 11) is 0.268. The first-order chi connectivity index (χ1) is 7.87. The van der Waals surface area contributed by atoms with Crippen LogP contribution in [0.5, 0.6) is 11.5 Å². The third-order valence-corrected chi connectivity index (χ3v) is 5.93. The molecule has 0 saturated carbocycles. The van der Waals surface area contributed by atoms with Crippen molar-refractivity contribution in [1.29, 1.82) is 0 Å². The topological polar surface area (TPSA) is 49.7 Å². The van der Waals surface area contributed by atoms with Crippen molar-refractivity contribution in [2.45, 2.75) is 38.9 Å². The summed E-state index contributed by atoms with van der Waals surface area (Å²) >= 11 is 0. The molecule has 0 radical (unpaired) electrons. The van der Waals surface area contributed by atoms with E-state index < -0.39 is 8.32 Å². The minimum Gasteiger partial charge on any atom is -0.508 e. The minimum atomic E-state index is -1.50. The standard InChI is InChI=1S/C13H22O3Si/c1-10-12(14)8-7-11(13(10)15)6-5-9-17(3,4)16-2/h7-8,14-15H,5-6,9H2,1-4H3. The van der Waals surface area contributed by atoms with E-state index >= 15 is 0 Å². The van der Waals surface area contributed by atoms with Gasteiger partial charge in [-0.25, -0.2) is 0 Å². The van der Waals surface area contributed by atoms with Gasteiger partial charge in [0.05, 0.1) is 0 Å². The molecule has 4 heteroatoms. The van der Waals surface area contributed by atoms with Crippen molar-refractivity contribution in [1.82, 2.24) is 0 Å². The van der Waals surface area contributed by atoms with E-state index in [1.54, 1.807) is 26.2 Å². The Hall–Kier alpha value is -1.00. The summed E-state index contributed by atoms with van der Waals surface area (Å²) in [6.45, 7) is 6.10. The van der Waals surface area contributed by atoms with Gasteiger partial charge in [-0.2, -0.15) is 0 Å². The van der Waals surface area contributed by atoms with Gasteiger partial charge in [0.2, 0.25) is 0 Å². The third-order valence-electron chi connectivity index (χ3n) is 3.26. The van der Waals surface area contributed by atoms with Crippen LogP contribution < -0.4 is 0 Å². The van der Waals surface area contributed by atoms with E-state index in [0.717, 1.165) is 24.4 Å². The van der Waals surface area contributed by atoms with E-state index in [-0.39, 0.29) is 11.5 Å². The average molecular weight is 254 g/mol. The lowest BCUT2D eigenvalue weighted by molar-refractivity contribution is 0.401. The van der Waals surface area contributed by atoms with Gasteiger partial charge >= 0.3 is 0 Å². The van der Waals surface area contributed by atoms with Crippen LogP contribution in [0.2, 0.25) is 19.1 Å². The van der Waals surface area contributed by atoms with E-state index in [1.807, 2.05) is 0 Å². The molecule has 0 bridgehead atoms. The molecule has 1 aromatic rings. The van der Waals surface area contributed by atoms with Gasteiger partial charge in [-0.15, -0.1) is 0 Å². The molecule has 17 heavy (non-hydrogen) atoms. The van der Waals surface area contributed by atoms with Crippen LogP contribution in [0.15, 0.2) is 12.1 Å². The maximum Gasteiger partial charge on any atom is 0.186 e. The number of benzene rings is 1. The monoisotopic (exact) mass is 254 g/mol. The van der Waals surface area contributed by atoms with E-state index in [9.17, 15) is 10.2 Å². The van der Waals surface area contributed by atoms with Gasteiger partial charge in [0, 0.05) is 12.7 Å². The molecule has 0 spiro atoms. The summed E-state index contributed by atoms with van der Waals surface area (Å²) in [5, 5.41) is 19.3. The third kappa shape index (κ3) is 3.75. The molecular weight excluding hydrogens is 232 g/mol. The number of hydrogen-bond acceptors (Lipinski definition) is 3. The van der Waals surface area contributed by atoms with Crippen LogP contribution in [0, 0.1) is 6.92 Å². The first-order valence-electron chi connectivity index (χ1n) is 5.93. The molecule has 96 valence electrons. The molecule has 0 aromatic heterocycles. The number of rotatable bonds is 5. The summed E-state index contributed by atoms with van der Waals surface area (Å²) in [6, 6.07) is 4.51. The van der Waals surface area contributed by atoms with Gasteiger partial charge in [0.15, 0.2) is 8.32 Å². The second-order valence-corrected chi connectivity index (χ2v) is 9.46. The molecule has 0 aliphatic carbocycles. The highest BCUT2D eigenvalue weighted by Crippen LogP contribution is 2.30. The first-order valence-corrected chi connectivity index (χ1v) is 9.04. The summed E-state index contributed by atoms with van der Waals surface area (Å²) in [5.41, 5.74) is 1.46. The zero-order valence-corrected chi connectivity index (χ0v) is 12.1. The molecule has 0 heterocycles. The molecule has 0 fully saturated rings. The summed E-state index contributed by atoms with van der Waals surface area (Å²) in [4.78, 5) is 0. The number of phenols is 2. The van der Waals surface area contributed by atoms with Crippen molar-refractivity contribution in [2.24, 2.45) is 0 Å². The fraction of sp³-hybridized carbons (Fsp3) is 0.538. The molecule has 0 saturated heterocycles. The minimum absolute atomic E-state index is 0.151. The van der Waals surface area contributed by atoms with Gasteiger partial charge in [0.25, 0.3) is 0 Å². The zero-order valence-electron chi connectivity index (χ0n) is 11.1. The second-order valence-electron chi connectivity index (χ2n) is 5.03. The predicted molar refractivity (Wildman–Crippen MR) is 72.1 cm³/mol. The average Bonchev–Trinajstić information content (AvgIpc) is 2.29. The highest BCUT2D eigenvalue weighted by molar-refractivity contribution is 6.71. The molecule has 0 aliphatic heterocycles. The molecule has 0 aliphatic rings. The van der Waals surface area contributed by atoms with Gasteiger partial charge in [-0.1, -0.05) is 6.07 Å². The summed E-state index contributed by atoms with van der Waals surface area (Å²) < 4.78 is 5.49. The molecule has 3 nitrogen and oxygen atoms in total. The van der Waals surface area contributed by atoms with E-state index in [1.165, 1.54) is 0 Å². The molecule has 1 aromatic carbocycles. The van der Waals surface area contributed by atoms with Gasteiger partial charge in [-0.05, 0) is 50.5 Å². The maximum atomic E-state index is 9.89. The summed E-state index contributed by atoms with van der Waals surface area (Å²) in [6.07, 6.45) is 1.83. The Bertz CT molecular complexity index is 388. The molecule has 2 N–H and O–H groups in total. The lowest BCUT2D eigenvalue weighted by Gasteiger charge is -2.19. The van der Waals surface area contributed by atoms with E-state index in [4.69, 9.17) is 4.43 Å². The Kier molecular flexibility index (Phi) is 4.59. The largest absolute Gasteiger partial charge is 0.508 e. The smallest absolute Gasteiger partial charge is 0.186 e. The highest BCUT2D eigenvalue weighted by Gasteiger charge is 2.20. The zero-order chi connectivity index (χ0) is 13.1. The normalized spacial score (nSPS) is 11.8. The Morgan fingerprint density at radius 1 is 1.24 bits per heavy atom. The molecule has 0 unspecified atom stereocenters. The molecular formula is C13H22O3Si. The first kappa shape index (κ1) is 14.1. The van der Waals surface area contributed by atoms with Crippen LogP contribution >= 0.6 is 0 Å². The molecule has 1 rings (SSSR count). The van der Waals surface area contributed by atoms with Crippen LogP contribution in [0.1, 0.15) is 17.5 Å². The lowest BCUT2D eigenvalue weighted by atomic mass is 10.0. The quantitative estimate of drug-likeness (QED) is 0.793. The Morgan fingerprint density at radius 3 is 2.47 bits per heavy atom. The van der Waals surface area contributed by atoms with Gasteiger partial charge in [0.1, 0.15) is 11.5 Å². The van der Waals surface area contributed by atoms with Crippen molar-refractivity contribution in [3.63, 3.8) is 0 Å². The Morgan fingerprint density at radius 2 is 1.88 bits per heavy atom. The van der Waals surface area contributed by atoms with Crippen molar-refractivity contribution in [3.8, 4) is 11.5 Å². The Labute approximate surface area is 104 Å². The van der Waals surface area contributed by atoms with Crippen LogP contribution in [0.4, 0.5) is 0 Å². The fourth-order valence-electron chi connectivity index (χ4n) is 1.75. The maximum absolute atomic E-state index is 9.89.